The number of rotatable bonds is 16. The van der Waals surface area contributed by atoms with Crippen LogP contribution in [0.25, 0.3) is 0 Å². The number of carboxylic acids is 1. The van der Waals surface area contributed by atoms with Gasteiger partial charge in [0.05, 0.1) is 19.1 Å². The highest BCUT2D eigenvalue weighted by Gasteiger charge is 2.48. The summed E-state index contributed by atoms with van der Waals surface area (Å²) in [4.78, 5) is 44.0. The van der Waals surface area contributed by atoms with Crippen LogP contribution < -0.4 is 10.5 Å². The first-order valence-electron chi connectivity index (χ1n) is 17.4. The highest BCUT2D eigenvalue weighted by Crippen LogP contribution is 2.42. The lowest BCUT2D eigenvalue weighted by Crippen LogP contribution is -2.42. The van der Waals surface area contributed by atoms with Gasteiger partial charge in [0.15, 0.2) is 0 Å². The molecular formula is C38H53N3O5. The smallest absolute Gasteiger partial charge is 0.308 e. The van der Waals surface area contributed by atoms with Gasteiger partial charge in [-0.05, 0) is 59.4 Å². The Morgan fingerprint density at radius 2 is 1.91 bits per heavy atom. The van der Waals surface area contributed by atoms with Crippen molar-refractivity contribution in [2.24, 2.45) is 23.0 Å². The Hall–Kier alpha value is -3.23. The van der Waals surface area contributed by atoms with Crippen LogP contribution in [0.2, 0.25) is 0 Å². The van der Waals surface area contributed by atoms with Crippen LogP contribution in [0.3, 0.4) is 0 Å². The first-order valence-corrected chi connectivity index (χ1v) is 17.4. The van der Waals surface area contributed by atoms with Crippen molar-refractivity contribution >= 4 is 17.7 Å². The zero-order chi connectivity index (χ0) is 32.8. The molecule has 3 N–H and O–H groups in total. The number of hydrogen-bond acceptors (Lipinski definition) is 6. The van der Waals surface area contributed by atoms with Crippen molar-refractivity contribution in [3.63, 3.8) is 0 Å². The number of fused-ring (bicyclic) bond motifs is 1. The number of carbonyl (C=O) groups is 3. The van der Waals surface area contributed by atoms with E-state index in [1.54, 1.807) is 0 Å². The fourth-order valence-electron chi connectivity index (χ4n) is 7.99. The van der Waals surface area contributed by atoms with Crippen molar-refractivity contribution in [2.75, 3.05) is 32.8 Å². The fraction of sp³-hybridized carbons (Fsp3) is 0.605. The summed E-state index contributed by atoms with van der Waals surface area (Å²) in [5.74, 6) is -0.646. The summed E-state index contributed by atoms with van der Waals surface area (Å²) in [5, 5.41) is 10.7. The zero-order valence-electron chi connectivity index (χ0n) is 28.0. The molecule has 5 rings (SSSR count). The molecule has 0 aromatic heterocycles. The van der Waals surface area contributed by atoms with Gasteiger partial charge in [0, 0.05) is 56.9 Å². The lowest BCUT2D eigenvalue weighted by molar-refractivity contribution is -0.143. The molecule has 0 spiro atoms. The number of hydrogen-bond donors (Lipinski definition) is 2. The number of carboxylic acid groups (broad SMARTS) is 1. The quantitative estimate of drug-likeness (QED) is 0.232. The van der Waals surface area contributed by atoms with E-state index in [0.29, 0.717) is 45.6 Å². The normalized spacial score (nSPS) is 23.0. The molecule has 2 saturated heterocycles. The predicted molar refractivity (Wildman–Crippen MR) is 180 cm³/mol. The molecular weight excluding hydrogens is 578 g/mol. The number of Topliss-reactive ketones (excluding diaryl/α,β-unsaturated/α-hetero) is 1. The van der Waals surface area contributed by atoms with Gasteiger partial charge in [-0.3, -0.25) is 19.3 Å². The summed E-state index contributed by atoms with van der Waals surface area (Å²) in [7, 11) is 0. The van der Waals surface area contributed by atoms with E-state index in [0.717, 1.165) is 67.4 Å². The summed E-state index contributed by atoms with van der Waals surface area (Å²) < 4.78 is 5.73. The van der Waals surface area contributed by atoms with E-state index < -0.39 is 11.9 Å². The number of unbranched alkanes of at least 4 members (excludes halogenated alkanes) is 2. The average molecular weight is 632 g/mol. The number of benzene rings is 2. The highest BCUT2D eigenvalue weighted by atomic mass is 16.5. The Morgan fingerprint density at radius 1 is 1.11 bits per heavy atom. The molecule has 8 nitrogen and oxygen atoms in total. The molecule has 8 heteroatoms. The van der Waals surface area contributed by atoms with E-state index >= 15 is 0 Å². The van der Waals surface area contributed by atoms with Gasteiger partial charge < -0.3 is 20.5 Å². The monoisotopic (exact) mass is 631 g/mol. The van der Waals surface area contributed by atoms with Crippen LogP contribution in [0.1, 0.15) is 93.9 Å². The van der Waals surface area contributed by atoms with Gasteiger partial charge in [-0.1, -0.05) is 76.4 Å². The second-order valence-electron chi connectivity index (χ2n) is 14.6. The summed E-state index contributed by atoms with van der Waals surface area (Å²) in [6.45, 7) is 9.43. The topological polar surface area (TPSA) is 113 Å². The van der Waals surface area contributed by atoms with Gasteiger partial charge in [-0.25, -0.2) is 0 Å². The molecule has 2 fully saturated rings. The van der Waals surface area contributed by atoms with Gasteiger partial charge in [0.25, 0.3) is 0 Å². The lowest BCUT2D eigenvalue weighted by Gasteiger charge is -2.30. The highest BCUT2D eigenvalue weighted by molar-refractivity contribution is 5.83. The summed E-state index contributed by atoms with van der Waals surface area (Å²) in [6, 6.07) is 14.0. The molecule has 2 aromatic rings. The Balaban J connectivity index is 1.37. The van der Waals surface area contributed by atoms with E-state index in [-0.39, 0.29) is 41.5 Å². The van der Waals surface area contributed by atoms with Crippen molar-refractivity contribution in [3.05, 3.63) is 64.7 Å². The largest absolute Gasteiger partial charge is 0.493 e. The Bertz CT molecular complexity index is 1390. The Labute approximate surface area is 274 Å². The van der Waals surface area contributed by atoms with Crippen molar-refractivity contribution < 1.29 is 24.2 Å². The third-order valence-electron chi connectivity index (χ3n) is 10.5. The molecule has 2 aromatic carbocycles. The number of aryl methyl sites for hydroxylation is 1. The van der Waals surface area contributed by atoms with Gasteiger partial charge in [-0.15, -0.1) is 0 Å². The molecule has 1 amide bonds. The Kier molecular flexibility index (Phi) is 11.2. The maximum atomic E-state index is 14.2. The van der Waals surface area contributed by atoms with Crippen LogP contribution in [0, 0.1) is 17.3 Å². The molecule has 0 saturated carbocycles. The first kappa shape index (κ1) is 34.1. The second kappa shape index (κ2) is 15.1. The molecule has 1 unspecified atom stereocenters. The molecule has 3 aliphatic rings. The minimum Gasteiger partial charge on any atom is -0.493 e. The number of nitrogens with two attached hydrogens (primary N) is 1. The maximum absolute atomic E-state index is 14.2. The molecule has 0 bridgehead atoms. The van der Waals surface area contributed by atoms with Gasteiger partial charge in [0.2, 0.25) is 5.91 Å². The number of carbonyl (C=O) groups excluding carboxylic acids is 2. The van der Waals surface area contributed by atoms with E-state index in [4.69, 9.17) is 10.5 Å². The predicted octanol–water partition coefficient (Wildman–Crippen LogP) is 5.60. The molecule has 3 heterocycles. The second-order valence-corrected chi connectivity index (χ2v) is 14.6. The number of nitrogens with zero attached hydrogens (tertiary/aromatic N) is 2. The van der Waals surface area contributed by atoms with Gasteiger partial charge in [-0.2, -0.15) is 0 Å². The van der Waals surface area contributed by atoms with Gasteiger partial charge in [0.1, 0.15) is 11.5 Å². The fourth-order valence-corrected chi connectivity index (χ4v) is 7.99. The molecule has 3 aliphatic heterocycles. The lowest BCUT2D eigenvalue weighted by atomic mass is 9.83. The maximum Gasteiger partial charge on any atom is 0.308 e. The van der Waals surface area contributed by atoms with Crippen LogP contribution >= 0.6 is 0 Å². The summed E-state index contributed by atoms with van der Waals surface area (Å²) >= 11 is 0. The summed E-state index contributed by atoms with van der Waals surface area (Å²) in [5.41, 5.74) is 10.2. The van der Waals surface area contributed by atoms with Crippen molar-refractivity contribution in [2.45, 2.75) is 97.1 Å². The number of aliphatic carboxylic acids is 1. The van der Waals surface area contributed by atoms with E-state index in [9.17, 15) is 19.5 Å². The van der Waals surface area contributed by atoms with Crippen LogP contribution in [-0.2, 0) is 33.8 Å². The molecule has 0 aliphatic carbocycles. The van der Waals surface area contributed by atoms with Crippen LogP contribution in [0.5, 0.6) is 5.75 Å². The third kappa shape index (κ3) is 8.18. The van der Waals surface area contributed by atoms with Gasteiger partial charge >= 0.3 is 5.97 Å². The number of likely N-dealkylation sites (tertiary alicyclic amines) is 2. The molecule has 4 atom stereocenters. The minimum atomic E-state index is -0.839. The SMILES string of the molecule is CCCCCC(CCc1cccc(CN)c1)C(=O)CN1C[C@H](c2ccc3c(c2)CCO3)[C@@H](C(=O)O)[C@@H]1CCN1CC(C)(C)CC1=O. The molecule has 250 valence electrons. The third-order valence-corrected chi connectivity index (χ3v) is 10.5. The van der Waals surface area contributed by atoms with Crippen LogP contribution in [0.15, 0.2) is 42.5 Å². The average Bonchev–Trinajstić information content (AvgIpc) is 3.71. The first-order chi connectivity index (χ1) is 22.1. The minimum absolute atomic E-state index is 0.0843. The zero-order valence-corrected chi connectivity index (χ0v) is 28.0. The standard InChI is InChI=1S/C38H53N3O5/c1-4-5-6-10-28(12-11-26-8-7-9-27(19-26)22-39)33(42)24-41-23-31(29-13-14-34-30(20-29)16-18-46-34)36(37(44)45)32(41)15-17-40-25-38(2,3)21-35(40)43/h7-9,13-14,19-20,28,31-32,36H,4-6,10-12,15-18,21-25,39H2,1-3H3,(H,44,45)/t28?,31-,32+,36-/m1/s1. The number of amides is 1. The molecule has 0 radical (unpaired) electrons. The van der Waals surface area contributed by atoms with Crippen molar-refractivity contribution in [1.29, 1.82) is 0 Å². The van der Waals surface area contributed by atoms with Crippen molar-refractivity contribution in [3.8, 4) is 5.75 Å². The van der Waals surface area contributed by atoms with E-state index in [1.807, 2.05) is 29.2 Å². The number of ether oxygens (including phenoxy) is 1. The molecule has 46 heavy (non-hydrogen) atoms. The van der Waals surface area contributed by atoms with Crippen LogP contribution in [0.4, 0.5) is 0 Å². The van der Waals surface area contributed by atoms with E-state index in [1.165, 1.54) is 5.56 Å². The Morgan fingerprint density at radius 3 is 2.63 bits per heavy atom. The van der Waals surface area contributed by atoms with E-state index in [2.05, 4.69) is 43.9 Å². The van der Waals surface area contributed by atoms with Crippen LogP contribution in [-0.4, -0.2) is 71.4 Å². The number of ketones is 1. The summed E-state index contributed by atoms with van der Waals surface area (Å²) in [6.07, 6.45) is 7.46. The van der Waals surface area contributed by atoms with Crippen molar-refractivity contribution in [1.82, 2.24) is 9.80 Å².